The highest BCUT2D eigenvalue weighted by Crippen LogP contribution is 2.56. The van der Waals surface area contributed by atoms with Crippen molar-refractivity contribution < 1.29 is 19.0 Å². The van der Waals surface area contributed by atoms with E-state index >= 15 is 0 Å². The summed E-state index contributed by atoms with van der Waals surface area (Å²) in [5.74, 6) is 2.35. The van der Waals surface area contributed by atoms with E-state index in [0.29, 0.717) is 24.9 Å². The molecule has 2 aliphatic heterocycles. The van der Waals surface area contributed by atoms with Gasteiger partial charge >= 0.3 is 5.97 Å². The average molecular weight is 383 g/mol. The Morgan fingerprint density at radius 3 is 3.04 bits per heavy atom. The van der Waals surface area contributed by atoms with Crippen LogP contribution in [0.4, 0.5) is 0 Å². The molecule has 1 aromatic rings. The minimum absolute atomic E-state index is 0.0268. The molecule has 0 amide bonds. The predicted molar refractivity (Wildman–Crippen MR) is 105 cm³/mol. The maximum Gasteiger partial charge on any atom is 0.310 e. The standard InChI is InChI=1S/C23H29NO4/c1-14-4-3-7-23(2)10-21-16(9-18(14)23)17(22(25)28-21)12-24-11-15-5-6-19-20(8-15)27-13-26-19/h5-6,8,16-18,21,24H,1,3-4,7,9-13H2,2H3/t16-,17-,18-,21+,23+/m0/s1. The first kappa shape index (κ1) is 18.0. The van der Waals surface area contributed by atoms with Crippen LogP contribution in [0.3, 0.4) is 0 Å². The van der Waals surface area contributed by atoms with Crippen molar-refractivity contribution in [3.05, 3.63) is 35.9 Å². The lowest BCUT2D eigenvalue weighted by Crippen LogP contribution is -2.45. The molecule has 5 atom stereocenters. The van der Waals surface area contributed by atoms with E-state index in [9.17, 15) is 4.79 Å². The fourth-order valence-electron chi connectivity index (χ4n) is 5.91. The average Bonchev–Trinajstić information content (AvgIpc) is 3.24. The van der Waals surface area contributed by atoms with Gasteiger partial charge in [-0.25, -0.2) is 0 Å². The molecule has 5 rings (SSSR count). The molecular formula is C23H29NO4. The largest absolute Gasteiger partial charge is 0.462 e. The third-order valence-electron chi connectivity index (χ3n) is 7.45. The number of nitrogens with one attached hydrogen (secondary N) is 1. The number of esters is 1. The highest BCUT2D eigenvalue weighted by Gasteiger charge is 2.54. The number of rotatable bonds is 4. The number of fused-ring (bicyclic) bond motifs is 3. The van der Waals surface area contributed by atoms with E-state index in [2.05, 4.69) is 18.8 Å². The first-order valence-electron chi connectivity index (χ1n) is 10.5. The minimum atomic E-state index is -0.0571. The Balaban J connectivity index is 1.23. The zero-order valence-electron chi connectivity index (χ0n) is 16.5. The molecule has 150 valence electrons. The van der Waals surface area contributed by atoms with Crippen LogP contribution in [0.1, 0.15) is 44.6 Å². The van der Waals surface area contributed by atoms with Crippen molar-refractivity contribution in [2.75, 3.05) is 13.3 Å². The maximum atomic E-state index is 12.6. The second-order valence-electron chi connectivity index (χ2n) is 9.22. The van der Waals surface area contributed by atoms with Crippen molar-refractivity contribution in [1.82, 2.24) is 5.32 Å². The normalized spacial score (nSPS) is 36.0. The number of benzene rings is 1. The molecule has 4 aliphatic rings. The Morgan fingerprint density at radius 2 is 2.14 bits per heavy atom. The summed E-state index contributed by atoms with van der Waals surface area (Å²) in [6.45, 7) is 8.38. The van der Waals surface area contributed by atoms with Crippen LogP contribution in [0.5, 0.6) is 11.5 Å². The summed E-state index contributed by atoms with van der Waals surface area (Å²) in [6, 6.07) is 5.98. The summed E-state index contributed by atoms with van der Waals surface area (Å²) >= 11 is 0. The lowest BCUT2D eigenvalue weighted by atomic mass is 9.55. The van der Waals surface area contributed by atoms with Gasteiger partial charge in [0.1, 0.15) is 6.10 Å². The zero-order chi connectivity index (χ0) is 19.3. The van der Waals surface area contributed by atoms with Gasteiger partial charge in [-0.2, -0.15) is 0 Å². The summed E-state index contributed by atoms with van der Waals surface area (Å²) in [5, 5.41) is 3.47. The van der Waals surface area contributed by atoms with Crippen LogP contribution in [-0.4, -0.2) is 25.4 Å². The number of ether oxygens (including phenoxy) is 3. The molecule has 0 bridgehead atoms. The van der Waals surface area contributed by atoms with Gasteiger partial charge in [0.2, 0.25) is 6.79 Å². The quantitative estimate of drug-likeness (QED) is 0.633. The van der Waals surface area contributed by atoms with Crippen molar-refractivity contribution >= 4 is 5.97 Å². The Morgan fingerprint density at radius 1 is 1.29 bits per heavy atom. The van der Waals surface area contributed by atoms with Crippen molar-refractivity contribution in [1.29, 1.82) is 0 Å². The van der Waals surface area contributed by atoms with E-state index in [4.69, 9.17) is 14.2 Å². The number of carbonyl (C=O) groups excluding carboxylic acids is 1. The maximum absolute atomic E-state index is 12.6. The molecule has 1 aromatic carbocycles. The fourth-order valence-corrected chi connectivity index (χ4v) is 5.91. The molecule has 1 N–H and O–H groups in total. The second kappa shape index (κ2) is 6.80. The molecule has 0 spiro atoms. The van der Waals surface area contributed by atoms with Gasteiger partial charge in [0.25, 0.3) is 0 Å². The third-order valence-corrected chi connectivity index (χ3v) is 7.45. The van der Waals surface area contributed by atoms with Gasteiger partial charge in [-0.3, -0.25) is 4.79 Å². The molecule has 1 saturated heterocycles. The van der Waals surface area contributed by atoms with E-state index in [1.165, 1.54) is 18.4 Å². The van der Waals surface area contributed by atoms with E-state index < -0.39 is 0 Å². The van der Waals surface area contributed by atoms with Gasteiger partial charge in [0, 0.05) is 19.0 Å². The number of hydrogen-bond acceptors (Lipinski definition) is 5. The van der Waals surface area contributed by atoms with Gasteiger partial charge in [-0.1, -0.05) is 25.1 Å². The topological polar surface area (TPSA) is 56.8 Å². The van der Waals surface area contributed by atoms with Gasteiger partial charge in [0.15, 0.2) is 11.5 Å². The first-order chi connectivity index (χ1) is 13.5. The van der Waals surface area contributed by atoms with E-state index in [0.717, 1.165) is 36.3 Å². The van der Waals surface area contributed by atoms with Crippen LogP contribution >= 0.6 is 0 Å². The lowest BCUT2D eigenvalue weighted by Gasteiger charge is -2.50. The second-order valence-corrected chi connectivity index (χ2v) is 9.22. The van der Waals surface area contributed by atoms with Gasteiger partial charge < -0.3 is 19.5 Å². The van der Waals surface area contributed by atoms with Crippen LogP contribution in [0, 0.1) is 23.2 Å². The smallest absolute Gasteiger partial charge is 0.310 e. The molecule has 28 heavy (non-hydrogen) atoms. The van der Waals surface area contributed by atoms with E-state index in [1.54, 1.807) is 0 Å². The van der Waals surface area contributed by atoms with Crippen molar-refractivity contribution in [2.24, 2.45) is 23.2 Å². The Labute approximate surface area is 166 Å². The van der Waals surface area contributed by atoms with Crippen molar-refractivity contribution in [3.63, 3.8) is 0 Å². The summed E-state index contributed by atoms with van der Waals surface area (Å²) < 4.78 is 16.7. The molecule has 2 aliphatic carbocycles. The summed E-state index contributed by atoms with van der Waals surface area (Å²) in [5.41, 5.74) is 2.77. The van der Waals surface area contributed by atoms with Crippen LogP contribution < -0.4 is 14.8 Å². The molecule has 0 aromatic heterocycles. The number of hydrogen-bond donors (Lipinski definition) is 1. The van der Waals surface area contributed by atoms with Crippen LogP contribution in [0.2, 0.25) is 0 Å². The molecule has 5 nitrogen and oxygen atoms in total. The predicted octanol–water partition coefficient (Wildman–Crippen LogP) is 3.82. The molecule has 0 radical (unpaired) electrons. The SMILES string of the molecule is C=C1CCC[C@]2(C)C[C@H]3OC(=O)[C@@H](CNCc4ccc5c(c4)OCO5)[C@@H]3C[C@@H]12. The van der Waals surface area contributed by atoms with Gasteiger partial charge in [-0.15, -0.1) is 0 Å². The van der Waals surface area contributed by atoms with Crippen molar-refractivity contribution in [3.8, 4) is 11.5 Å². The summed E-state index contributed by atoms with van der Waals surface area (Å²) in [4.78, 5) is 12.6. The third kappa shape index (κ3) is 3.00. The van der Waals surface area contributed by atoms with Crippen LogP contribution in [0.25, 0.3) is 0 Å². The Hall–Kier alpha value is -2.01. The molecule has 3 fully saturated rings. The molecule has 2 saturated carbocycles. The van der Waals surface area contributed by atoms with E-state index in [1.807, 2.05) is 18.2 Å². The highest BCUT2D eigenvalue weighted by molar-refractivity contribution is 5.75. The minimum Gasteiger partial charge on any atom is -0.462 e. The van der Waals surface area contributed by atoms with Crippen LogP contribution in [0.15, 0.2) is 30.4 Å². The zero-order valence-corrected chi connectivity index (χ0v) is 16.5. The molecule has 0 unspecified atom stereocenters. The highest BCUT2D eigenvalue weighted by atomic mass is 16.7. The van der Waals surface area contributed by atoms with Crippen molar-refractivity contribution in [2.45, 2.75) is 51.7 Å². The number of carbonyl (C=O) groups is 1. The summed E-state index contributed by atoms with van der Waals surface area (Å²) in [6.07, 6.45) is 5.70. The summed E-state index contributed by atoms with van der Waals surface area (Å²) in [7, 11) is 0. The first-order valence-corrected chi connectivity index (χ1v) is 10.5. The van der Waals surface area contributed by atoms with Crippen LogP contribution in [-0.2, 0) is 16.1 Å². The van der Waals surface area contributed by atoms with Gasteiger partial charge in [-0.05, 0) is 61.1 Å². The number of allylic oxidation sites excluding steroid dienone is 1. The Kier molecular flexibility index (Phi) is 4.38. The Bertz CT molecular complexity index is 806. The molecule has 5 heteroatoms. The van der Waals surface area contributed by atoms with Gasteiger partial charge in [0.05, 0.1) is 5.92 Å². The molecular weight excluding hydrogens is 354 g/mol. The monoisotopic (exact) mass is 383 g/mol. The fraction of sp³-hybridized carbons (Fsp3) is 0.609. The lowest BCUT2D eigenvalue weighted by molar-refractivity contribution is -0.146. The molecule has 2 heterocycles. The van der Waals surface area contributed by atoms with E-state index in [-0.39, 0.29) is 30.2 Å².